The van der Waals surface area contributed by atoms with Crippen LogP contribution in [0.5, 0.6) is 0 Å². The van der Waals surface area contributed by atoms with E-state index in [9.17, 15) is 14.4 Å². The highest BCUT2D eigenvalue weighted by molar-refractivity contribution is 6.31. The van der Waals surface area contributed by atoms with E-state index in [4.69, 9.17) is 11.6 Å². The fraction of sp³-hybridized carbons (Fsp3) is 0.400. The van der Waals surface area contributed by atoms with Crippen LogP contribution in [0.1, 0.15) is 48.0 Å². The fourth-order valence-corrected chi connectivity index (χ4v) is 4.08. The summed E-state index contributed by atoms with van der Waals surface area (Å²) in [4.78, 5) is 39.2. The zero-order valence-electron chi connectivity index (χ0n) is 18.5. The Morgan fingerprint density at radius 2 is 1.79 bits per heavy atom. The maximum atomic E-state index is 13.0. The number of carbonyl (C=O) groups is 3. The van der Waals surface area contributed by atoms with Gasteiger partial charge in [-0.2, -0.15) is 0 Å². The average molecular weight is 469 g/mol. The molecule has 1 aliphatic carbocycles. The van der Waals surface area contributed by atoms with Crippen LogP contribution in [0.4, 0.5) is 11.4 Å². The van der Waals surface area contributed by atoms with Gasteiger partial charge in [0, 0.05) is 41.9 Å². The molecule has 2 aromatic carbocycles. The van der Waals surface area contributed by atoms with Crippen molar-refractivity contribution in [2.24, 2.45) is 5.92 Å². The first-order valence-corrected chi connectivity index (χ1v) is 11.9. The van der Waals surface area contributed by atoms with Gasteiger partial charge in [0.15, 0.2) is 0 Å². The lowest BCUT2D eigenvalue weighted by Gasteiger charge is -2.27. The molecular weight excluding hydrogens is 440 g/mol. The fourth-order valence-electron chi connectivity index (χ4n) is 3.90. The maximum absolute atomic E-state index is 13.0. The smallest absolute Gasteiger partial charge is 0.255 e. The van der Waals surface area contributed by atoms with E-state index >= 15 is 0 Å². The molecule has 2 fully saturated rings. The van der Waals surface area contributed by atoms with Crippen molar-refractivity contribution in [3.05, 3.63) is 58.6 Å². The van der Waals surface area contributed by atoms with E-state index in [0.717, 1.165) is 56.4 Å². The number of nitrogens with one attached hydrogen (secondary N) is 3. The summed E-state index contributed by atoms with van der Waals surface area (Å²) in [5, 5.41) is 9.35. The minimum absolute atomic E-state index is 0.0126. The third-order valence-corrected chi connectivity index (χ3v) is 6.16. The third kappa shape index (κ3) is 6.48. The predicted octanol–water partition coefficient (Wildman–Crippen LogP) is 4.04. The van der Waals surface area contributed by atoms with Crippen LogP contribution in [0.2, 0.25) is 5.02 Å². The highest BCUT2D eigenvalue weighted by Crippen LogP contribution is 2.30. The number of hydrogen-bond acceptors (Lipinski definition) is 4. The molecule has 2 aliphatic rings. The predicted molar refractivity (Wildman–Crippen MR) is 129 cm³/mol. The number of benzene rings is 2. The molecule has 2 aromatic rings. The lowest BCUT2D eigenvalue weighted by Crippen LogP contribution is -2.36. The van der Waals surface area contributed by atoms with Gasteiger partial charge >= 0.3 is 0 Å². The molecule has 174 valence electrons. The molecule has 0 radical (unpaired) electrons. The van der Waals surface area contributed by atoms with E-state index in [2.05, 4.69) is 16.0 Å². The second kappa shape index (κ2) is 10.7. The van der Waals surface area contributed by atoms with Crippen LogP contribution in [0.15, 0.2) is 42.5 Å². The van der Waals surface area contributed by atoms with Crippen molar-refractivity contribution < 1.29 is 14.4 Å². The Kier molecular flexibility index (Phi) is 7.50. The molecule has 1 saturated carbocycles. The number of hydrogen-bond donors (Lipinski definition) is 3. The van der Waals surface area contributed by atoms with Gasteiger partial charge in [-0.25, -0.2) is 0 Å². The Balaban J connectivity index is 1.31. The van der Waals surface area contributed by atoms with Crippen LogP contribution < -0.4 is 16.0 Å². The quantitative estimate of drug-likeness (QED) is 0.545. The van der Waals surface area contributed by atoms with Crippen molar-refractivity contribution in [2.45, 2.75) is 38.6 Å². The van der Waals surface area contributed by atoms with Gasteiger partial charge in [0.05, 0.1) is 12.1 Å². The molecule has 4 rings (SSSR count). The number of rotatable bonds is 8. The molecule has 0 aromatic heterocycles. The van der Waals surface area contributed by atoms with Crippen LogP contribution in [-0.2, 0) is 16.1 Å². The van der Waals surface area contributed by atoms with E-state index in [0.29, 0.717) is 22.8 Å². The van der Waals surface area contributed by atoms with Crippen LogP contribution in [-0.4, -0.2) is 42.3 Å². The third-order valence-electron chi connectivity index (χ3n) is 5.93. The molecule has 0 atom stereocenters. The number of amides is 3. The van der Waals surface area contributed by atoms with E-state index in [-0.39, 0.29) is 30.2 Å². The van der Waals surface area contributed by atoms with Gasteiger partial charge in [-0.15, -0.1) is 0 Å². The summed E-state index contributed by atoms with van der Waals surface area (Å²) < 4.78 is 0. The number of piperidine rings is 1. The molecule has 1 heterocycles. The zero-order chi connectivity index (χ0) is 23.2. The summed E-state index contributed by atoms with van der Waals surface area (Å²) in [6.45, 7) is 1.85. The largest absolute Gasteiger partial charge is 0.375 e. The zero-order valence-corrected chi connectivity index (χ0v) is 19.3. The first-order valence-electron chi connectivity index (χ1n) is 11.5. The van der Waals surface area contributed by atoms with Crippen LogP contribution in [0.25, 0.3) is 0 Å². The number of halogens is 1. The Morgan fingerprint density at radius 3 is 2.55 bits per heavy atom. The van der Waals surface area contributed by atoms with Gasteiger partial charge in [0.25, 0.3) is 5.91 Å². The molecule has 1 aliphatic heterocycles. The van der Waals surface area contributed by atoms with Crippen LogP contribution >= 0.6 is 11.6 Å². The second-order valence-electron chi connectivity index (χ2n) is 8.64. The lowest BCUT2D eigenvalue weighted by atomic mass is 10.1. The highest BCUT2D eigenvalue weighted by Gasteiger charge is 2.29. The minimum Gasteiger partial charge on any atom is -0.375 e. The molecule has 0 bridgehead atoms. The Morgan fingerprint density at radius 1 is 1.00 bits per heavy atom. The molecule has 8 heteroatoms. The number of anilines is 2. The summed E-state index contributed by atoms with van der Waals surface area (Å²) in [5.41, 5.74) is 2.70. The molecule has 1 saturated heterocycles. The van der Waals surface area contributed by atoms with Crippen molar-refractivity contribution in [3.8, 4) is 0 Å². The Labute approximate surface area is 198 Å². The summed E-state index contributed by atoms with van der Waals surface area (Å²) in [7, 11) is 0. The minimum atomic E-state index is -0.209. The van der Waals surface area contributed by atoms with Crippen molar-refractivity contribution in [3.63, 3.8) is 0 Å². The highest BCUT2D eigenvalue weighted by atomic mass is 35.5. The van der Waals surface area contributed by atoms with E-state index in [1.807, 2.05) is 29.2 Å². The van der Waals surface area contributed by atoms with Gasteiger partial charge in [0.2, 0.25) is 11.8 Å². The van der Waals surface area contributed by atoms with Crippen molar-refractivity contribution in [1.29, 1.82) is 0 Å². The molecular formula is C25H29ClN4O3. The lowest BCUT2D eigenvalue weighted by molar-refractivity contribution is -0.119. The van der Waals surface area contributed by atoms with Gasteiger partial charge in [-0.3, -0.25) is 14.4 Å². The summed E-state index contributed by atoms with van der Waals surface area (Å²) in [6.07, 6.45) is 5.07. The van der Waals surface area contributed by atoms with E-state index < -0.39 is 0 Å². The van der Waals surface area contributed by atoms with Crippen molar-refractivity contribution in [1.82, 2.24) is 10.2 Å². The molecule has 33 heavy (non-hydrogen) atoms. The normalized spacial score (nSPS) is 15.6. The Bertz CT molecular complexity index is 1030. The number of nitrogens with zero attached hydrogens (tertiary/aromatic N) is 1. The topological polar surface area (TPSA) is 90.5 Å². The second-order valence-corrected chi connectivity index (χ2v) is 9.07. The Hall–Kier alpha value is -3.06. The van der Waals surface area contributed by atoms with Gasteiger partial charge < -0.3 is 20.9 Å². The molecule has 3 amide bonds. The summed E-state index contributed by atoms with van der Waals surface area (Å²) in [5.74, 6) is -0.0625. The van der Waals surface area contributed by atoms with Gasteiger partial charge in [-0.1, -0.05) is 23.7 Å². The summed E-state index contributed by atoms with van der Waals surface area (Å²) in [6, 6.07) is 12.5. The van der Waals surface area contributed by atoms with Gasteiger partial charge in [-0.05, 0) is 68.0 Å². The SMILES string of the molecule is O=C(CNc1cc(Cl)ccc1C(=O)N1CCCCC1)NCc1cccc(NC(=O)C2CC2)c1. The van der Waals surface area contributed by atoms with Crippen molar-refractivity contribution in [2.75, 3.05) is 30.3 Å². The number of likely N-dealkylation sites (tertiary alicyclic amines) is 1. The molecule has 0 unspecified atom stereocenters. The monoisotopic (exact) mass is 468 g/mol. The average Bonchev–Trinajstić information content (AvgIpc) is 3.68. The van der Waals surface area contributed by atoms with Crippen LogP contribution in [0.3, 0.4) is 0 Å². The maximum Gasteiger partial charge on any atom is 0.255 e. The standard InChI is InChI=1S/C25H29ClN4O3/c26-19-9-10-21(25(33)30-11-2-1-3-12-30)22(14-19)27-16-23(31)28-15-17-5-4-6-20(13-17)29-24(32)18-7-8-18/h4-6,9-10,13-14,18,27H,1-3,7-8,11-12,15-16H2,(H,28,31)(H,29,32). The molecule has 0 spiro atoms. The number of carbonyl (C=O) groups excluding carboxylic acids is 3. The van der Waals surface area contributed by atoms with Gasteiger partial charge in [0.1, 0.15) is 0 Å². The van der Waals surface area contributed by atoms with E-state index in [1.54, 1.807) is 18.2 Å². The molecule has 3 N–H and O–H groups in total. The van der Waals surface area contributed by atoms with E-state index in [1.165, 1.54) is 0 Å². The molecule has 7 nitrogen and oxygen atoms in total. The summed E-state index contributed by atoms with van der Waals surface area (Å²) >= 11 is 6.14. The van der Waals surface area contributed by atoms with Crippen molar-refractivity contribution >= 4 is 40.7 Å². The first kappa shape index (κ1) is 23.1. The van der Waals surface area contributed by atoms with Crippen LogP contribution in [0, 0.1) is 5.92 Å². The first-order chi connectivity index (χ1) is 16.0.